The molecule has 1 aliphatic rings. The molecule has 0 aliphatic heterocycles. The molecule has 2 nitrogen and oxygen atoms in total. The van der Waals surface area contributed by atoms with E-state index in [0.29, 0.717) is 11.8 Å². The number of benzene rings is 1. The number of aliphatic hydroxyl groups excluding tert-OH is 1. The predicted octanol–water partition coefficient (Wildman–Crippen LogP) is 3.35. The molecule has 2 rings (SSSR count). The van der Waals surface area contributed by atoms with Gasteiger partial charge in [-0.1, -0.05) is 32.4 Å². The van der Waals surface area contributed by atoms with Gasteiger partial charge in [0.2, 0.25) is 0 Å². The first-order valence-corrected chi connectivity index (χ1v) is 6.67. The molecule has 0 radical (unpaired) electrons. The fraction of sp³-hybridized carbons (Fsp3) is 0.600. The Labute approximate surface area is 104 Å². The summed E-state index contributed by atoms with van der Waals surface area (Å²) in [5.74, 6) is 1.93. The lowest BCUT2D eigenvalue weighted by atomic mass is 9.66. The fourth-order valence-electron chi connectivity index (χ4n) is 2.65. The second-order valence-corrected chi connectivity index (χ2v) is 4.90. The molecular formula is C15H22O2. The zero-order valence-electron chi connectivity index (χ0n) is 10.7. The molecule has 0 spiro atoms. The summed E-state index contributed by atoms with van der Waals surface area (Å²) in [4.78, 5) is 0. The zero-order valence-corrected chi connectivity index (χ0v) is 10.7. The van der Waals surface area contributed by atoms with Gasteiger partial charge >= 0.3 is 0 Å². The van der Waals surface area contributed by atoms with E-state index in [9.17, 15) is 5.11 Å². The monoisotopic (exact) mass is 234 g/mol. The lowest BCUT2D eigenvalue weighted by molar-refractivity contribution is -0.000736. The Kier molecular flexibility index (Phi) is 4.06. The summed E-state index contributed by atoms with van der Waals surface area (Å²) in [6, 6.07) is 8.37. The van der Waals surface area contributed by atoms with Crippen LogP contribution >= 0.6 is 0 Å². The molecule has 0 aromatic heterocycles. The van der Waals surface area contributed by atoms with Crippen molar-refractivity contribution in [2.24, 2.45) is 5.92 Å². The van der Waals surface area contributed by atoms with E-state index in [-0.39, 0.29) is 6.10 Å². The van der Waals surface area contributed by atoms with Crippen LogP contribution in [0.15, 0.2) is 24.3 Å². The normalized spacial score (nSPS) is 27.6. The van der Waals surface area contributed by atoms with Gasteiger partial charge in [0.15, 0.2) is 0 Å². The lowest BCUT2D eigenvalue weighted by Gasteiger charge is -2.41. The number of ether oxygens (including phenoxy) is 1. The topological polar surface area (TPSA) is 29.5 Å². The van der Waals surface area contributed by atoms with E-state index in [2.05, 4.69) is 26.0 Å². The number of hydrogen-bond acceptors (Lipinski definition) is 2. The highest BCUT2D eigenvalue weighted by atomic mass is 16.5. The molecule has 1 fully saturated rings. The van der Waals surface area contributed by atoms with Gasteiger partial charge in [-0.3, -0.25) is 0 Å². The first-order valence-electron chi connectivity index (χ1n) is 6.67. The van der Waals surface area contributed by atoms with Crippen molar-refractivity contribution >= 4 is 0 Å². The van der Waals surface area contributed by atoms with Gasteiger partial charge < -0.3 is 9.84 Å². The molecule has 2 heteroatoms. The molecule has 3 unspecified atom stereocenters. The summed E-state index contributed by atoms with van der Waals surface area (Å²) in [5, 5.41) is 9.69. The molecule has 0 saturated heterocycles. The van der Waals surface area contributed by atoms with Crippen molar-refractivity contribution in [1.82, 2.24) is 0 Å². The molecule has 0 bridgehead atoms. The highest BCUT2D eigenvalue weighted by Gasteiger charge is 2.39. The van der Waals surface area contributed by atoms with Gasteiger partial charge in [0.25, 0.3) is 0 Å². The van der Waals surface area contributed by atoms with Crippen LogP contribution in [0.3, 0.4) is 0 Å². The van der Waals surface area contributed by atoms with Crippen molar-refractivity contribution in [3.05, 3.63) is 29.8 Å². The number of hydrogen-bond donors (Lipinski definition) is 1. The second kappa shape index (κ2) is 5.54. The second-order valence-electron chi connectivity index (χ2n) is 4.90. The summed E-state index contributed by atoms with van der Waals surface area (Å²) in [7, 11) is 0. The SMILES string of the molecule is CCCOc1ccc(C2CC(O)C2CC)cc1. The van der Waals surface area contributed by atoms with Crippen LogP contribution in [0.2, 0.25) is 0 Å². The van der Waals surface area contributed by atoms with Crippen LogP contribution in [-0.2, 0) is 0 Å². The van der Waals surface area contributed by atoms with Crippen LogP contribution in [0.5, 0.6) is 5.75 Å². The summed E-state index contributed by atoms with van der Waals surface area (Å²) in [6.45, 7) is 5.04. The quantitative estimate of drug-likeness (QED) is 0.846. The Morgan fingerprint density at radius 3 is 2.47 bits per heavy atom. The summed E-state index contributed by atoms with van der Waals surface area (Å²) >= 11 is 0. The lowest BCUT2D eigenvalue weighted by Crippen LogP contribution is -2.38. The van der Waals surface area contributed by atoms with E-state index in [4.69, 9.17) is 4.74 Å². The van der Waals surface area contributed by atoms with Crippen LogP contribution in [-0.4, -0.2) is 17.8 Å². The van der Waals surface area contributed by atoms with E-state index >= 15 is 0 Å². The van der Waals surface area contributed by atoms with E-state index in [1.165, 1.54) is 5.56 Å². The van der Waals surface area contributed by atoms with Crippen molar-refractivity contribution < 1.29 is 9.84 Å². The minimum absolute atomic E-state index is 0.0963. The molecule has 1 saturated carbocycles. The number of aliphatic hydroxyl groups is 1. The average Bonchev–Trinajstić information content (AvgIpc) is 2.35. The minimum atomic E-state index is -0.0963. The van der Waals surface area contributed by atoms with Gasteiger partial charge in [-0.25, -0.2) is 0 Å². The van der Waals surface area contributed by atoms with Crippen LogP contribution in [0.1, 0.15) is 44.6 Å². The van der Waals surface area contributed by atoms with Crippen molar-refractivity contribution in [2.75, 3.05) is 6.61 Å². The van der Waals surface area contributed by atoms with E-state index < -0.39 is 0 Å². The highest BCUT2D eigenvalue weighted by molar-refractivity contribution is 5.31. The molecule has 1 N–H and O–H groups in total. The van der Waals surface area contributed by atoms with Crippen molar-refractivity contribution in [3.63, 3.8) is 0 Å². The van der Waals surface area contributed by atoms with Gasteiger partial charge in [-0.2, -0.15) is 0 Å². The third-order valence-electron chi connectivity index (χ3n) is 3.76. The molecule has 0 amide bonds. The summed E-state index contributed by atoms with van der Waals surface area (Å²) < 4.78 is 5.57. The van der Waals surface area contributed by atoms with E-state index in [1.807, 2.05) is 12.1 Å². The van der Waals surface area contributed by atoms with Crippen LogP contribution < -0.4 is 4.74 Å². The average molecular weight is 234 g/mol. The summed E-state index contributed by atoms with van der Waals surface area (Å²) in [6.07, 6.45) is 2.91. The maximum absolute atomic E-state index is 9.69. The number of rotatable bonds is 5. The fourth-order valence-corrected chi connectivity index (χ4v) is 2.65. The predicted molar refractivity (Wildman–Crippen MR) is 69.4 cm³/mol. The van der Waals surface area contributed by atoms with Gasteiger partial charge in [-0.15, -0.1) is 0 Å². The third-order valence-corrected chi connectivity index (χ3v) is 3.76. The standard InChI is InChI=1S/C15H22O2/c1-3-9-17-12-7-5-11(6-8-12)14-10-15(16)13(14)4-2/h5-8,13-16H,3-4,9-10H2,1-2H3. The van der Waals surface area contributed by atoms with Crippen molar-refractivity contribution in [1.29, 1.82) is 0 Å². The third kappa shape index (κ3) is 2.63. The Hall–Kier alpha value is -1.02. The minimum Gasteiger partial charge on any atom is -0.494 e. The maximum Gasteiger partial charge on any atom is 0.119 e. The van der Waals surface area contributed by atoms with Gasteiger partial charge in [0.05, 0.1) is 12.7 Å². The molecule has 1 aliphatic carbocycles. The van der Waals surface area contributed by atoms with Crippen LogP contribution in [0.4, 0.5) is 0 Å². The molecule has 0 heterocycles. The van der Waals surface area contributed by atoms with Crippen molar-refractivity contribution in [3.8, 4) is 5.75 Å². The molecular weight excluding hydrogens is 212 g/mol. The first-order chi connectivity index (χ1) is 8.26. The highest BCUT2D eigenvalue weighted by Crippen LogP contribution is 2.44. The van der Waals surface area contributed by atoms with Gasteiger partial charge in [0.1, 0.15) is 5.75 Å². The van der Waals surface area contributed by atoms with Crippen LogP contribution in [0.25, 0.3) is 0 Å². The molecule has 3 atom stereocenters. The maximum atomic E-state index is 9.69. The Balaban J connectivity index is 1.98. The largest absolute Gasteiger partial charge is 0.494 e. The Morgan fingerprint density at radius 1 is 1.24 bits per heavy atom. The van der Waals surface area contributed by atoms with E-state index in [0.717, 1.165) is 31.6 Å². The van der Waals surface area contributed by atoms with Gasteiger partial charge in [-0.05, 0) is 42.4 Å². The Morgan fingerprint density at radius 2 is 1.94 bits per heavy atom. The Bertz CT molecular complexity index is 344. The first kappa shape index (κ1) is 12.4. The summed E-state index contributed by atoms with van der Waals surface area (Å²) in [5.41, 5.74) is 1.34. The van der Waals surface area contributed by atoms with Crippen LogP contribution in [0, 0.1) is 5.92 Å². The molecule has 1 aromatic rings. The van der Waals surface area contributed by atoms with E-state index in [1.54, 1.807) is 0 Å². The molecule has 94 valence electrons. The molecule has 1 aromatic carbocycles. The van der Waals surface area contributed by atoms with Gasteiger partial charge in [0, 0.05) is 0 Å². The van der Waals surface area contributed by atoms with Crippen molar-refractivity contribution in [2.45, 2.75) is 45.1 Å². The smallest absolute Gasteiger partial charge is 0.119 e. The zero-order chi connectivity index (χ0) is 12.3. The molecule has 17 heavy (non-hydrogen) atoms.